The van der Waals surface area contributed by atoms with Crippen LogP contribution in [0.4, 0.5) is 5.69 Å². The Balaban J connectivity index is 2.05. The molecular weight excluding hydrogens is 230 g/mol. The average Bonchev–Trinajstić information content (AvgIpc) is 2.29. The van der Waals surface area contributed by atoms with Crippen LogP contribution in [0, 0.1) is 5.92 Å². The minimum absolute atomic E-state index is 0.349. The maximum atomic E-state index is 12.0. The highest BCUT2D eigenvalue weighted by Crippen LogP contribution is 2.29. The van der Waals surface area contributed by atoms with Gasteiger partial charge in [-0.3, -0.25) is 0 Å². The monoisotopic (exact) mass is 249 g/mol. The van der Waals surface area contributed by atoms with Gasteiger partial charge in [0.1, 0.15) is 5.56 Å². The first kappa shape index (κ1) is 12.7. The second kappa shape index (κ2) is 5.76. The summed E-state index contributed by atoms with van der Waals surface area (Å²) in [5.74, 6) is 0.613. The molecule has 0 saturated heterocycles. The summed E-state index contributed by atoms with van der Waals surface area (Å²) >= 11 is 0. The first-order valence-corrected chi connectivity index (χ1v) is 6.40. The number of rotatable bonds is 5. The molecule has 0 unspecified atom stereocenters. The van der Waals surface area contributed by atoms with Crippen molar-refractivity contribution in [2.75, 3.05) is 18.9 Å². The van der Waals surface area contributed by atoms with Crippen molar-refractivity contribution < 1.29 is 14.3 Å². The third-order valence-corrected chi connectivity index (χ3v) is 3.23. The molecule has 1 aliphatic carbocycles. The minimum Gasteiger partial charge on any atom is -0.491 e. The van der Waals surface area contributed by atoms with Gasteiger partial charge in [-0.2, -0.15) is 0 Å². The predicted molar refractivity (Wildman–Crippen MR) is 69.6 cm³/mol. The Morgan fingerprint density at radius 1 is 1.44 bits per heavy atom. The molecule has 0 heterocycles. The third kappa shape index (κ3) is 2.75. The van der Waals surface area contributed by atoms with Crippen LogP contribution in [0.25, 0.3) is 0 Å². The first-order chi connectivity index (χ1) is 8.72. The molecule has 0 aromatic heterocycles. The van der Waals surface area contributed by atoms with Crippen molar-refractivity contribution in [1.82, 2.24) is 0 Å². The Kier molecular flexibility index (Phi) is 4.07. The molecule has 0 radical (unpaired) electrons. The van der Waals surface area contributed by atoms with Crippen LogP contribution in [0.2, 0.25) is 0 Å². The Morgan fingerprint density at radius 3 is 2.83 bits per heavy atom. The Morgan fingerprint density at radius 2 is 2.22 bits per heavy atom. The molecular formula is C14H19NO3. The van der Waals surface area contributed by atoms with E-state index < -0.39 is 0 Å². The summed E-state index contributed by atoms with van der Waals surface area (Å²) in [6, 6.07) is 5.13. The van der Waals surface area contributed by atoms with Crippen LogP contribution in [0.1, 0.15) is 36.5 Å². The average molecular weight is 249 g/mol. The van der Waals surface area contributed by atoms with Gasteiger partial charge in [-0.25, -0.2) is 4.79 Å². The highest BCUT2D eigenvalue weighted by Gasteiger charge is 2.21. The van der Waals surface area contributed by atoms with Crippen LogP contribution < -0.4 is 10.5 Å². The number of benzene rings is 1. The van der Waals surface area contributed by atoms with E-state index in [-0.39, 0.29) is 5.97 Å². The van der Waals surface area contributed by atoms with Gasteiger partial charge in [-0.15, -0.1) is 0 Å². The topological polar surface area (TPSA) is 61.5 Å². The zero-order valence-corrected chi connectivity index (χ0v) is 10.6. The highest BCUT2D eigenvalue weighted by atomic mass is 16.5. The zero-order valence-electron chi connectivity index (χ0n) is 10.6. The molecule has 1 aromatic rings. The van der Waals surface area contributed by atoms with Crippen LogP contribution >= 0.6 is 0 Å². The molecule has 2 N–H and O–H groups in total. The maximum absolute atomic E-state index is 12.0. The van der Waals surface area contributed by atoms with Gasteiger partial charge in [0.25, 0.3) is 0 Å². The fraction of sp³-hybridized carbons (Fsp3) is 0.500. The van der Waals surface area contributed by atoms with Crippen molar-refractivity contribution in [2.24, 2.45) is 5.92 Å². The lowest BCUT2D eigenvalue weighted by atomic mass is 9.86. The molecule has 18 heavy (non-hydrogen) atoms. The van der Waals surface area contributed by atoms with Crippen LogP contribution in [-0.4, -0.2) is 19.2 Å². The van der Waals surface area contributed by atoms with Crippen LogP contribution in [-0.2, 0) is 4.74 Å². The number of esters is 1. The van der Waals surface area contributed by atoms with E-state index in [1.807, 2.05) is 6.92 Å². The number of para-hydroxylation sites is 1. The third-order valence-electron chi connectivity index (χ3n) is 3.23. The molecule has 1 saturated carbocycles. The van der Waals surface area contributed by atoms with Crippen molar-refractivity contribution >= 4 is 11.7 Å². The molecule has 0 spiro atoms. The van der Waals surface area contributed by atoms with E-state index in [9.17, 15) is 4.79 Å². The summed E-state index contributed by atoms with van der Waals surface area (Å²) in [6.45, 7) is 2.83. The number of hydrogen-bond acceptors (Lipinski definition) is 4. The molecule has 0 amide bonds. The summed E-state index contributed by atoms with van der Waals surface area (Å²) < 4.78 is 10.7. The number of carbonyl (C=O) groups excluding carboxylic acids is 1. The van der Waals surface area contributed by atoms with E-state index in [4.69, 9.17) is 15.2 Å². The van der Waals surface area contributed by atoms with Crippen molar-refractivity contribution in [3.8, 4) is 5.75 Å². The predicted octanol–water partition coefficient (Wildman–Crippen LogP) is 2.62. The second-order valence-electron chi connectivity index (χ2n) is 4.55. The fourth-order valence-corrected chi connectivity index (χ4v) is 1.95. The number of nitrogen functional groups attached to an aromatic ring is 1. The maximum Gasteiger partial charge on any atom is 0.342 e. The molecule has 1 aromatic carbocycles. The molecule has 4 heteroatoms. The Bertz CT molecular complexity index is 427. The van der Waals surface area contributed by atoms with Crippen LogP contribution in [0.15, 0.2) is 18.2 Å². The van der Waals surface area contributed by atoms with Crippen molar-refractivity contribution in [2.45, 2.75) is 26.2 Å². The highest BCUT2D eigenvalue weighted by molar-refractivity contribution is 5.94. The van der Waals surface area contributed by atoms with E-state index in [2.05, 4.69) is 0 Å². The van der Waals surface area contributed by atoms with Gasteiger partial charge in [0.15, 0.2) is 5.75 Å². The smallest absolute Gasteiger partial charge is 0.342 e. The van der Waals surface area contributed by atoms with Gasteiger partial charge in [-0.1, -0.05) is 12.5 Å². The molecule has 0 atom stereocenters. The van der Waals surface area contributed by atoms with Gasteiger partial charge in [0, 0.05) is 0 Å². The van der Waals surface area contributed by atoms with E-state index in [1.54, 1.807) is 18.2 Å². The Labute approximate surface area is 107 Å². The minimum atomic E-state index is -0.349. The largest absolute Gasteiger partial charge is 0.491 e. The standard InChI is InChI=1S/C14H19NO3/c1-2-17-13-11(7-4-8-12(13)15)14(16)18-9-10-5-3-6-10/h4,7-8,10H,2-3,5-6,9,15H2,1H3. The van der Waals surface area contributed by atoms with Crippen molar-refractivity contribution in [3.63, 3.8) is 0 Å². The Hall–Kier alpha value is -1.71. The molecule has 4 nitrogen and oxygen atoms in total. The van der Waals surface area contributed by atoms with E-state index in [1.165, 1.54) is 6.42 Å². The van der Waals surface area contributed by atoms with Crippen molar-refractivity contribution in [3.05, 3.63) is 23.8 Å². The van der Waals surface area contributed by atoms with Crippen molar-refractivity contribution in [1.29, 1.82) is 0 Å². The van der Waals surface area contributed by atoms with Gasteiger partial charge >= 0.3 is 5.97 Å². The summed E-state index contributed by atoms with van der Waals surface area (Å²) in [5.41, 5.74) is 6.69. The number of anilines is 1. The van der Waals surface area contributed by atoms with E-state index in [0.717, 1.165) is 12.8 Å². The second-order valence-corrected chi connectivity index (χ2v) is 4.55. The van der Waals surface area contributed by atoms with Gasteiger partial charge in [0.2, 0.25) is 0 Å². The molecule has 0 bridgehead atoms. The SMILES string of the molecule is CCOc1c(N)cccc1C(=O)OCC1CCC1. The lowest BCUT2D eigenvalue weighted by molar-refractivity contribution is 0.0367. The summed E-state index contributed by atoms with van der Waals surface area (Å²) in [4.78, 5) is 12.0. The van der Waals surface area contributed by atoms with Crippen LogP contribution in [0.5, 0.6) is 5.75 Å². The molecule has 0 aliphatic heterocycles. The summed E-state index contributed by atoms with van der Waals surface area (Å²) in [6.07, 6.45) is 3.55. The molecule has 2 rings (SSSR count). The van der Waals surface area contributed by atoms with Crippen LogP contribution in [0.3, 0.4) is 0 Å². The summed E-state index contributed by atoms with van der Waals surface area (Å²) in [7, 11) is 0. The van der Waals surface area contributed by atoms with E-state index in [0.29, 0.717) is 36.1 Å². The lowest BCUT2D eigenvalue weighted by Gasteiger charge is -2.24. The van der Waals surface area contributed by atoms with E-state index >= 15 is 0 Å². The molecule has 98 valence electrons. The first-order valence-electron chi connectivity index (χ1n) is 6.40. The number of carbonyl (C=O) groups is 1. The molecule has 1 aliphatic rings. The van der Waals surface area contributed by atoms with Gasteiger partial charge in [-0.05, 0) is 37.8 Å². The number of nitrogens with two attached hydrogens (primary N) is 1. The van der Waals surface area contributed by atoms with Gasteiger partial charge in [0.05, 0.1) is 18.9 Å². The summed E-state index contributed by atoms with van der Waals surface area (Å²) in [5, 5.41) is 0. The lowest BCUT2D eigenvalue weighted by Crippen LogP contribution is -2.20. The zero-order chi connectivity index (χ0) is 13.0. The quantitative estimate of drug-likeness (QED) is 0.643. The number of hydrogen-bond donors (Lipinski definition) is 1. The fourth-order valence-electron chi connectivity index (χ4n) is 1.95. The normalized spacial score (nSPS) is 14.9. The molecule has 1 fully saturated rings. The van der Waals surface area contributed by atoms with Gasteiger partial charge < -0.3 is 15.2 Å². The number of ether oxygens (including phenoxy) is 2.